The fourth-order valence-electron chi connectivity index (χ4n) is 4.19. The summed E-state index contributed by atoms with van der Waals surface area (Å²) in [6, 6.07) is 14.6. The van der Waals surface area contributed by atoms with Gasteiger partial charge >= 0.3 is 0 Å². The summed E-state index contributed by atoms with van der Waals surface area (Å²) in [5.41, 5.74) is 4.94. The normalized spacial score (nSPS) is 17.9. The van der Waals surface area contributed by atoms with Crippen molar-refractivity contribution in [2.24, 2.45) is 0 Å². The highest BCUT2D eigenvalue weighted by molar-refractivity contribution is 7.17. The van der Waals surface area contributed by atoms with E-state index in [0.717, 1.165) is 48.8 Å². The number of pyridine rings is 1. The fourth-order valence-corrected chi connectivity index (χ4v) is 5.37. The summed E-state index contributed by atoms with van der Waals surface area (Å²) in [4.78, 5) is 21.6. The van der Waals surface area contributed by atoms with Crippen LogP contribution in [0.5, 0.6) is 0 Å². The van der Waals surface area contributed by atoms with Gasteiger partial charge in [-0.25, -0.2) is 4.98 Å². The quantitative estimate of drug-likeness (QED) is 0.693. The van der Waals surface area contributed by atoms with E-state index in [1.54, 1.807) is 11.3 Å². The molecule has 5 rings (SSSR count). The van der Waals surface area contributed by atoms with E-state index in [1.807, 2.05) is 18.3 Å². The second-order valence-electron chi connectivity index (χ2n) is 7.96. The van der Waals surface area contributed by atoms with Crippen molar-refractivity contribution in [3.05, 3.63) is 70.2 Å². The van der Waals surface area contributed by atoms with E-state index in [0.29, 0.717) is 6.54 Å². The number of hydrogen-bond acceptors (Lipinski definition) is 5. The lowest BCUT2D eigenvalue weighted by Gasteiger charge is -2.32. The maximum Gasteiger partial charge on any atom is 0.261 e. The highest BCUT2D eigenvalue weighted by Crippen LogP contribution is 2.39. The molecule has 0 spiro atoms. The summed E-state index contributed by atoms with van der Waals surface area (Å²) in [5, 5.41) is 3.05. The van der Waals surface area contributed by atoms with Gasteiger partial charge in [-0.15, -0.1) is 11.3 Å². The molecule has 1 aromatic carbocycles. The number of rotatable bonds is 4. The smallest absolute Gasteiger partial charge is 0.261 e. The van der Waals surface area contributed by atoms with Gasteiger partial charge in [0, 0.05) is 30.7 Å². The summed E-state index contributed by atoms with van der Waals surface area (Å²) in [7, 11) is 0. The lowest BCUT2D eigenvalue weighted by Crippen LogP contribution is -2.41. The monoisotopic (exact) mass is 419 g/mol. The van der Waals surface area contributed by atoms with Gasteiger partial charge in [0.05, 0.1) is 17.6 Å². The van der Waals surface area contributed by atoms with Crippen molar-refractivity contribution in [2.45, 2.75) is 32.4 Å². The van der Waals surface area contributed by atoms with Crippen molar-refractivity contribution in [3.8, 4) is 10.4 Å². The number of anilines is 1. The molecule has 30 heavy (non-hydrogen) atoms. The Hall–Kier alpha value is -2.70. The van der Waals surface area contributed by atoms with Gasteiger partial charge in [-0.1, -0.05) is 30.3 Å². The molecule has 0 saturated carbocycles. The van der Waals surface area contributed by atoms with E-state index in [-0.39, 0.29) is 12.0 Å². The number of thiophene rings is 1. The van der Waals surface area contributed by atoms with Crippen LogP contribution in [0.3, 0.4) is 0 Å². The molecular formula is C24H25N3O2S. The van der Waals surface area contributed by atoms with E-state index < -0.39 is 0 Å². The van der Waals surface area contributed by atoms with Crippen molar-refractivity contribution in [3.63, 3.8) is 0 Å². The molecule has 3 aromatic rings. The number of benzene rings is 1. The van der Waals surface area contributed by atoms with Crippen LogP contribution in [0, 0.1) is 0 Å². The lowest BCUT2D eigenvalue weighted by molar-refractivity contribution is 0.0529. The SMILES string of the molecule is CC1CN(c2ccc(CNC(=O)c3cc4c(s3)-c3ccccc3CC4)cn2)CCO1. The van der Waals surface area contributed by atoms with Gasteiger partial charge in [0.1, 0.15) is 5.82 Å². The van der Waals surface area contributed by atoms with Crippen molar-refractivity contribution in [1.29, 1.82) is 0 Å². The molecule has 0 bridgehead atoms. The number of aryl methyl sites for hydroxylation is 2. The van der Waals surface area contributed by atoms with Crippen LogP contribution in [-0.4, -0.2) is 36.7 Å². The average Bonchev–Trinajstić information content (AvgIpc) is 3.23. The number of hydrogen-bond donors (Lipinski definition) is 1. The molecule has 2 aromatic heterocycles. The average molecular weight is 420 g/mol. The van der Waals surface area contributed by atoms with Crippen LogP contribution in [0.25, 0.3) is 10.4 Å². The third-order valence-electron chi connectivity index (χ3n) is 5.79. The Balaban J connectivity index is 1.23. The zero-order valence-electron chi connectivity index (χ0n) is 17.1. The van der Waals surface area contributed by atoms with Gasteiger partial charge in [-0.05, 0) is 54.2 Å². The van der Waals surface area contributed by atoms with Crippen LogP contribution in [0.4, 0.5) is 5.82 Å². The standard InChI is InChI=1S/C24H25N3O2S/c1-16-15-27(10-11-29-16)22-9-6-17(13-25-22)14-26-24(28)21-12-19-8-7-18-4-2-3-5-20(18)23(19)30-21/h2-6,9,12-13,16H,7-8,10-11,14-15H2,1H3,(H,26,28). The number of carbonyl (C=O) groups is 1. The number of morpholine rings is 1. The molecule has 154 valence electrons. The molecule has 1 aliphatic heterocycles. The maximum absolute atomic E-state index is 12.8. The van der Waals surface area contributed by atoms with E-state index in [4.69, 9.17) is 4.74 Å². The topological polar surface area (TPSA) is 54.5 Å². The second-order valence-corrected chi connectivity index (χ2v) is 9.01. The number of carbonyl (C=O) groups excluding carboxylic acids is 1. The molecule has 1 amide bonds. The molecule has 1 fully saturated rings. The first-order chi connectivity index (χ1) is 14.7. The summed E-state index contributed by atoms with van der Waals surface area (Å²) in [6.07, 6.45) is 4.12. The maximum atomic E-state index is 12.8. The molecule has 1 unspecified atom stereocenters. The van der Waals surface area contributed by atoms with Crippen LogP contribution in [0.2, 0.25) is 0 Å². The van der Waals surface area contributed by atoms with Crippen molar-refractivity contribution in [2.75, 3.05) is 24.6 Å². The first kappa shape index (κ1) is 19.3. The highest BCUT2D eigenvalue weighted by atomic mass is 32.1. The van der Waals surface area contributed by atoms with Gasteiger partial charge in [0.2, 0.25) is 0 Å². The molecule has 2 aliphatic rings. The third-order valence-corrected chi connectivity index (χ3v) is 7.00. The molecule has 1 saturated heterocycles. The van der Waals surface area contributed by atoms with Gasteiger partial charge < -0.3 is 15.0 Å². The summed E-state index contributed by atoms with van der Waals surface area (Å²) in [5.74, 6) is 0.947. The third kappa shape index (κ3) is 3.85. The highest BCUT2D eigenvalue weighted by Gasteiger charge is 2.21. The Morgan fingerprint density at radius 1 is 1.23 bits per heavy atom. The molecule has 0 radical (unpaired) electrons. The van der Waals surface area contributed by atoms with Crippen LogP contribution < -0.4 is 10.2 Å². The summed E-state index contributed by atoms with van der Waals surface area (Å²) in [6.45, 7) is 5.01. The van der Waals surface area contributed by atoms with E-state index >= 15 is 0 Å². The van der Waals surface area contributed by atoms with E-state index in [2.05, 4.69) is 52.5 Å². The van der Waals surface area contributed by atoms with Crippen LogP contribution in [0.1, 0.15) is 33.3 Å². The Kier molecular flexibility index (Phi) is 5.27. The van der Waals surface area contributed by atoms with E-state index in [9.17, 15) is 4.79 Å². The van der Waals surface area contributed by atoms with E-state index in [1.165, 1.54) is 21.6 Å². The zero-order valence-corrected chi connectivity index (χ0v) is 17.9. The van der Waals surface area contributed by atoms with Gasteiger partial charge in [-0.2, -0.15) is 0 Å². The largest absolute Gasteiger partial charge is 0.375 e. The summed E-state index contributed by atoms with van der Waals surface area (Å²) >= 11 is 1.60. The molecule has 1 aliphatic carbocycles. The molecule has 1 N–H and O–H groups in total. The van der Waals surface area contributed by atoms with Gasteiger partial charge in [-0.3, -0.25) is 4.79 Å². The first-order valence-corrected chi connectivity index (χ1v) is 11.3. The molecule has 6 heteroatoms. The Bertz CT molecular complexity index is 1060. The van der Waals surface area contributed by atoms with Crippen LogP contribution >= 0.6 is 11.3 Å². The zero-order chi connectivity index (χ0) is 20.5. The van der Waals surface area contributed by atoms with Crippen LogP contribution in [0.15, 0.2) is 48.7 Å². The summed E-state index contributed by atoms with van der Waals surface area (Å²) < 4.78 is 5.59. The molecular weight excluding hydrogens is 394 g/mol. The minimum atomic E-state index is -0.0158. The lowest BCUT2D eigenvalue weighted by atomic mass is 9.91. The number of ether oxygens (including phenoxy) is 1. The predicted molar refractivity (Wildman–Crippen MR) is 120 cm³/mol. The predicted octanol–water partition coefficient (Wildman–Crippen LogP) is 4.06. The number of amides is 1. The Morgan fingerprint density at radius 2 is 2.10 bits per heavy atom. The molecule has 3 heterocycles. The van der Waals surface area contributed by atoms with Gasteiger partial charge in [0.25, 0.3) is 5.91 Å². The number of fused-ring (bicyclic) bond motifs is 3. The number of nitrogens with zero attached hydrogens (tertiary/aromatic N) is 2. The number of nitrogens with one attached hydrogen (secondary N) is 1. The molecule has 5 nitrogen and oxygen atoms in total. The number of aromatic nitrogens is 1. The second kappa shape index (κ2) is 8.20. The van der Waals surface area contributed by atoms with Crippen molar-refractivity contribution < 1.29 is 9.53 Å². The van der Waals surface area contributed by atoms with Gasteiger partial charge in [0.15, 0.2) is 0 Å². The first-order valence-electron chi connectivity index (χ1n) is 10.5. The fraction of sp³-hybridized carbons (Fsp3) is 0.333. The van der Waals surface area contributed by atoms with Crippen molar-refractivity contribution in [1.82, 2.24) is 10.3 Å². The minimum Gasteiger partial charge on any atom is -0.375 e. The molecule has 1 atom stereocenters. The Labute approximate surface area is 180 Å². The van der Waals surface area contributed by atoms with Crippen molar-refractivity contribution >= 4 is 23.1 Å². The van der Waals surface area contributed by atoms with Crippen LogP contribution in [-0.2, 0) is 24.1 Å². The Morgan fingerprint density at radius 3 is 2.93 bits per heavy atom. The minimum absolute atomic E-state index is 0.0158.